The third kappa shape index (κ3) is 4.35. The Labute approximate surface area is 142 Å². The van der Waals surface area contributed by atoms with Gasteiger partial charge in [0, 0.05) is 24.2 Å². The Morgan fingerprint density at radius 1 is 1.35 bits per heavy atom. The smallest absolute Gasteiger partial charge is 0.339 e. The summed E-state index contributed by atoms with van der Waals surface area (Å²) in [6.45, 7) is 3.09. The van der Waals surface area contributed by atoms with E-state index >= 15 is 0 Å². The zero-order chi connectivity index (χ0) is 17.0. The van der Waals surface area contributed by atoms with E-state index in [9.17, 15) is 19.5 Å². The van der Waals surface area contributed by atoms with E-state index in [-0.39, 0.29) is 5.12 Å². The van der Waals surface area contributed by atoms with Gasteiger partial charge in [-0.25, -0.2) is 9.80 Å². The third-order valence-electron chi connectivity index (χ3n) is 3.06. The van der Waals surface area contributed by atoms with Gasteiger partial charge in [0.1, 0.15) is 5.04 Å². The lowest BCUT2D eigenvalue weighted by molar-refractivity contribution is -0.147. The summed E-state index contributed by atoms with van der Waals surface area (Å²) in [7, 11) is 0. The zero-order valence-corrected chi connectivity index (χ0v) is 14.3. The summed E-state index contributed by atoms with van der Waals surface area (Å²) in [5.74, 6) is -1.71. The molecule has 0 bridgehead atoms. The Morgan fingerprint density at radius 3 is 2.57 bits per heavy atom. The molecule has 1 amide bonds. The highest BCUT2D eigenvalue weighted by atomic mass is 32.2. The summed E-state index contributed by atoms with van der Waals surface area (Å²) in [4.78, 5) is 34.9. The molecule has 1 aromatic rings. The number of aliphatic carboxylic acids is 1. The number of nitrogens with zero attached hydrogens (tertiary/aromatic N) is 2. The number of hydrogen-bond acceptors (Lipinski definition) is 6. The van der Waals surface area contributed by atoms with Gasteiger partial charge in [0.05, 0.1) is 0 Å². The number of hydrogen-bond donors (Lipinski definition) is 1. The quantitative estimate of drug-likeness (QED) is 0.874. The highest BCUT2D eigenvalue weighted by molar-refractivity contribution is 8.15. The molecule has 23 heavy (non-hydrogen) atoms. The molecule has 1 aliphatic rings. The third-order valence-corrected chi connectivity index (χ3v) is 5.30. The Kier molecular flexibility index (Phi) is 5.84. The van der Waals surface area contributed by atoms with Crippen molar-refractivity contribution in [2.45, 2.75) is 19.2 Å². The molecule has 8 heteroatoms. The van der Waals surface area contributed by atoms with Crippen molar-refractivity contribution in [1.82, 2.24) is 5.01 Å². The van der Waals surface area contributed by atoms with Crippen molar-refractivity contribution in [3.63, 3.8) is 0 Å². The first kappa shape index (κ1) is 17.6. The van der Waals surface area contributed by atoms with Crippen LogP contribution in [0.1, 0.15) is 19.4 Å². The fraction of sp³-hybridized carbons (Fsp3) is 0.333. The molecule has 0 saturated carbocycles. The number of carbonyl (C=O) groups is 3. The van der Waals surface area contributed by atoms with Crippen molar-refractivity contribution in [1.29, 1.82) is 0 Å². The van der Waals surface area contributed by atoms with Crippen LogP contribution in [0.25, 0.3) is 0 Å². The summed E-state index contributed by atoms with van der Waals surface area (Å²) in [5.41, 5.74) is 0.768. The first-order chi connectivity index (χ1) is 10.9. The Bertz CT molecular complexity index is 648. The highest BCUT2D eigenvalue weighted by Crippen LogP contribution is 2.31. The number of carboxylic acid groups (broad SMARTS) is 1. The van der Waals surface area contributed by atoms with Crippen molar-refractivity contribution in [2.75, 3.05) is 5.75 Å². The summed E-state index contributed by atoms with van der Waals surface area (Å²) in [6, 6.07) is 9.12. The summed E-state index contributed by atoms with van der Waals surface area (Å²) >= 11 is 2.08. The SMILES string of the molecule is CC(=O)SCC(C)C(=O)N1N=C(c2ccccc2)SC1C(=O)O. The lowest BCUT2D eigenvalue weighted by atomic mass is 10.2. The highest BCUT2D eigenvalue weighted by Gasteiger charge is 2.39. The fourth-order valence-corrected chi connectivity index (χ4v) is 3.49. The maximum absolute atomic E-state index is 12.5. The average Bonchev–Trinajstić information content (AvgIpc) is 2.98. The van der Waals surface area contributed by atoms with E-state index in [0.29, 0.717) is 10.8 Å². The Balaban J connectivity index is 2.19. The Hall–Kier alpha value is -1.80. The van der Waals surface area contributed by atoms with Gasteiger partial charge < -0.3 is 5.11 Å². The average molecular weight is 352 g/mol. The normalized spacial score (nSPS) is 18.4. The number of rotatable bonds is 5. The molecule has 0 aliphatic carbocycles. The molecular formula is C15H16N2O4S2. The molecule has 1 heterocycles. The first-order valence-corrected chi connectivity index (χ1v) is 8.76. The molecule has 0 saturated heterocycles. The van der Waals surface area contributed by atoms with Gasteiger partial charge in [-0.15, -0.1) is 0 Å². The molecule has 0 fully saturated rings. The molecule has 0 radical (unpaired) electrons. The van der Waals surface area contributed by atoms with Crippen LogP contribution in [0.5, 0.6) is 0 Å². The van der Waals surface area contributed by atoms with Crippen LogP contribution < -0.4 is 0 Å². The van der Waals surface area contributed by atoms with E-state index < -0.39 is 23.2 Å². The maximum atomic E-state index is 12.5. The number of carbonyl (C=O) groups excluding carboxylic acids is 2. The largest absolute Gasteiger partial charge is 0.479 e. The minimum Gasteiger partial charge on any atom is -0.479 e. The van der Waals surface area contributed by atoms with Crippen LogP contribution in [0.4, 0.5) is 0 Å². The van der Waals surface area contributed by atoms with Crippen molar-refractivity contribution in [3.05, 3.63) is 35.9 Å². The standard InChI is InChI=1S/C15H16N2O4S2/c1-9(8-22-10(2)18)13(19)17-14(15(20)21)23-12(16-17)11-6-4-3-5-7-11/h3-7,9,14H,8H2,1-2H3,(H,20,21). The second kappa shape index (κ2) is 7.65. The fourth-order valence-electron chi connectivity index (χ4n) is 1.90. The van der Waals surface area contributed by atoms with Gasteiger partial charge in [0.2, 0.25) is 11.3 Å². The van der Waals surface area contributed by atoms with Crippen LogP contribution in [-0.2, 0) is 14.4 Å². The van der Waals surface area contributed by atoms with Crippen molar-refractivity contribution in [3.8, 4) is 0 Å². The second-order valence-corrected chi connectivity index (χ2v) is 7.23. The number of thioether (sulfide) groups is 2. The molecule has 1 aromatic carbocycles. The summed E-state index contributed by atoms with van der Waals surface area (Å²) in [5, 5.41) is 13.9. The van der Waals surface area contributed by atoms with Crippen LogP contribution in [0.3, 0.4) is 0 Å². The number of hydrazone groups is 1. The topological polar surface area (TPSA) is 87.0 Å². The van der Waals surface area contributed by atoms with E-state index in [2.05, 4.69) is 5.10 Å². The van der Waals surface area contributed by atoms with Gasteiger partial charge in [-0.1, -0.05) is 60.8 Å². The summed E-state index contributed by atoms with van der Waals surface area (Å²) < 4.78 is 0. The number of benzene rings is 1. The van der Waals surface area contributed by atoms with Crippen LogP contribution in [-0.4, -0.2) is 43.3 Å². The van der Waals surface area contributed by atoms with E-state index in [1.54, 1.807) is 6.92 Å². The van der Waals surface area contributed by atoms with Crippen molar-refractivity contribution < 1.29 is 19.5 Å². The minimum absolute atomic E-state index is 0.0799. The predicted molar refractivity (Wildman–Crippen MR) is 91.1 cm³/mol. The van der Waals surface area contributed by atoms with Crippen LogP contribution in [0.2, 0.25) is 0 Å². The first-order valence-electron chi connectivity index (χ1n) is 6.90. The molecule has 2 atom stereocenters. The van der Waals surface area contributed by atoms with Gasteiger partial charge in [-0.05, 0) is 0 Å². The second-order valence-electron chi connectivity index (χ2n) is 4.97. The summed E-state index contributed by atoms with van der Waals surface area (Å²) in [6.07, 6.45) is 0. The Morgan fingerprint density at radius 2 is 2.00 bits per heavy atom. The van der Waals surface area contributed by atoms with Crippen LogP contribution in [0.15, 0.2) is 35.4 Å². The molecule has 0 spiro atoms. The van der Waals surface area contributed by atoms with Crippen LogP contribution >= 0.6 is 23.5 Å². The van der Waals surface area contributed by atoms with E-state index in [1.165, 1.54) is 6.92 Å². The number of carboxylic acids is 1. The molecular weight excluding hydrogens is 336 g/mol. The van der Waals surface area contributed by atoms with Crippen molar-refractivity contribution >= 4 is 45.6 Å². The predicted octanol–water partition coefficient (Wildman–Crippen LogP) is 2.25. The molecule has 1 N–H and O–H groups in total. The lowest BCUT2D eigenvalue weighted by Gasteiger charge is -2.20. The monoisotopic (exact) mass is 352 g/mol. The van der Waals surface area contributed by atoms with Gasteiger partial charge in [-0.2, -0.15) is 5.10 Å². The molecule has 2 unspecified atom stereocenters. The molecule has 0 aromatic heterocycles. The minimum atomic E-state index is -1.12. The van der Waals surface area contributed by atoms with Gasteiger partial charge in [-0.3, -0.25) is 9.59 Å². The lowest BCUT2D eigenvalue weighted by Crippen LogP contribution is -2.40. The molecule has 1 aliphatic heterocycles. The zero-order valence-electron chi connectivity index (χ0n) is 12.6. The van der Waals surface area contributed by atoms with Gasteiger partial charge >= 0.3 is 5.97 Å². The van der Waals surface area contributed by atoms with E-state index in [4.69, 9.17) is 0 Å². The molecule has 122 valence electrons. The van der Waals surface area contributed by atoms with E-state index in [0.717, 1.165) is 34.1 Å². The maximum Gasteiger partial charge on any atom is 0.339 e. The number of amides is 1. The van der Waals surface area contributed by atoms with Crippen molar-refractivity contribution in [2.24, 2.45) is 11.0 Å². The van der Waals surface area contributed by atoms with Crippen LogP contribution in [0, 0.1) is 5.92 Å². The van der Waals surface area contributed by atoms with Gasteiger partial charge in [0.25, 0.3) is 0 Å². The van der Waals surface area contributed by atoms with Gasteiger partial charge in [0.15, 0.2) is 5.12 Å². The molecule has 2 rings (SSSR count). The molecule has 6 nitrogen and oxygen atoms in total. The van der Waals surface area contributed by atoms with E-state index in [1.807, 2.05) is 30.3 Å².